The normalized spacial score (nSPS) is 9.50. The lowest BCUT2D eigenvalue weighted by molar-refractivity contribution is -0.136. The van der Waals surface area contributed by atoms with Gasteiger partial charge in [-0.15, -0.1) is 0 Å². The molecule has 0 aromatic heterocycles. The van der Waals surface area contributed by atoms with Crippen LogP contribution in [0.5, 0.6) is 0 Å². The number of halogens is 2. The molecule has 0 saturated carbocycles. The lowest BCUT2D eigenvalue weighted by Crippen LogP contribution is -2.01. The summed E-state index contributed by atoms with van der Waals surface area (Å²) in [5, 5.41) is 17.5. The summed E-state index contributed by atoms with van der Waals surface area (Å²) in [5.74, 6) is -0.978. The maximum Gasteiger partial charge on any atom is 0.307 e. The van der Waals surface area contributed by atoms with Crippen LogP contribution in [0.15, 0.2) is 16.6 Å². The average Bonchev–Trinajstić information content (AvgIpc) is 2.09. The second-order valence-electron chi connectivity index (χ2n) is 2.61. The third-order valence-corrected chi connectivity index (χ3v) is 2.48. The molecule has 5 heteroatoms. The van der Waals surface area contributed by atoms with Crippen LogP contribution in [-0.2, 0) is 11.2 Å². The number of carboxylic acids is 1. The standard InChI is InChI=1S/C9H5BrClNO2/c10-7-1-5(3-8(13)14)9(11)6(2-7)4-12/h1-2H,3H2,(H,13,14). The van der Waals surface area contributed by atoms with Gasteiger partial charge >= 0.3 is 5.97 Å². The lowest BCUT2D eigenvalue weighted by atomic mass is 10.1. The minimum absolute atomic E-state index is 0.188. The first-order chi connectivity index (χ1) is 6.54. The van der Waals surface area contributed by atoms with Gasteiger partial charge in [0.2, 0.25) is 0 Å². The fourth-order valence-corrected chi connectivity index (χ4v) is 1.74. The van der Waals surface area contributed by atoms with Gasteiger partial charge in [-0.1, -0.05) is 27.5 Å². The molecule has 3 nitrogen and oxygen atoms in total. The van der Waals surface area contributed by atoms with E-state index in [1.165, 1.54) is 0 Å². The highest BCUT2D eigenvalue weighted by molar-refractivity contribution is 9.10. The highest BCUT2D eigenvalue weighted by Gasteiger charge is 2.10. The Balaban J connectivity index is 3.23. The van der Waals surface area contributed by atoms with Crippen molar-refractivity contribution < 1.29 is 9.90 Å². The predicted octanol–water partition coefficient (Wildman–Crippen LogP) is 2.60. The second-order valence-corrected chi connectivity index (χ2v) is 3.90. The van der Waals surface area contributed by atoms with Crippen molar-refractivity contribution in [2.24, 2.45) is 0 Å². The number of benzene rings is 1. The quantitative estimate of drug-likeness (QED) is 0.901. The number of rotatable bonds is 2. The third-order valence-electron chi connectivity index (χ3n) is 1.57. The van der Waals surface area contributed by atoms with E-state index in [2.05, 4.69) is 15.9 Å². The van der Waals surface area contributed by atoms with Gasteiger partial charge in [0.15, 0.2) is 0 Å². The molecule has 72 valence electrons. The Hall–Kier alpha value is -1.05. The monoisotopic (exact) mass is 273 g/mol. The molecule has 0 unspecified atom stereocenters. The Labute approximate surface area is 94.0 Å². The van der Waals surface area contributed by atoms with E-state index < -0.39 is 5.97 Å². The molecule has 0 saturated heterocycles. The maximum atomic E-state index is 10.5. The van der Waals surface area contributed by atoms with Gasteiger partial charge in [0.25, 0.3) is 0 Å². The predicted molar refractivity (Wildman–Crippen MR) is 55.2 cm³/mol. The summed E-state index contributed by atoms with van der Waals surface area (Å²) < 4.78 is 0.648. The van der Waals surface area contributed by atoms with E-state index in [1.807, 2.05) is 6.07 Å². The molecule has 0 aliphatic carbocycles. The fourth-order valence-electron chi connectivity index (χ4n) is 1.02. The molecule has 0 fully saturated rings. The van der Waals surface area contributed by atoms with Crippen molar-refractivity contribution in [2.45, 2.75) is 6.42 Å². The van der Waals surface area contributed by atoms with Crippen LogP contribution >= 0.6 is 27.5 Å². The van der Waals surface area contributed by atoms with Crippen LogP contribution in [0.25, 0.3) is 0 Å². The van der Waals surface area contributed by atoms with Crippen molar-refractivity contribution in [1.29, 1.82) is 5.26 Å². The van der Waals surface area contributed by atoms with Crippen LogP contribution in [0.4, 0.5) is 0 Å². The lowest BCUT2D eigenvalue weighted by Gasteiger charge is -2.03. The molecule has 14 heavy (non-hydrogen) atoms. The number of hydrogen-bond acceptors (Lipinski definition) is 2. The van der Waals surface area contributed by atoms with Gasteiger partial charge in [-0.05, 0) is 17.7 Å². The molecule has 1 N–H and O–H groups in total. The smallest absolute Gasteiger partial charge is 0.307 e. The van der Waals surface area contributed by atoms with Crippen LogP contribution in [-0.4, -0.2) is 11.1 Å². The van der Waals surface area contributed by atoms with Crippen LogP contribution in [0.3, 0.4) is 0 Å². The summed E-state index contributed by atoms with van der Waals surface area (Å²) >= 11 is 8.99. The number of hydrogen-bond donors (Lipinski definition) is 1. The third kappa shape index (κ3) is 2.47. The van der Waals surface area contributed by atoms with Crippen molar-refractivity contribution in [3.8, 4) is 6.07 Å². The highest BCUT2D eigenvalue weighted by atomic mass is 79.9. The average molecular weight is 275 g/mol. The summed E-state index contributed by atoms with van der Waals surface area (Å²) in [6, 6.07) is 5.04. The first kappa shape index (κ1) is 11.0. The number of aliphatic carboxylic acids is 1. The van der Waals surface area contributed by atoms with E-state index in [0.29, 0.717) is 10.0 Å². The molecule has 1 aromatic rings. The molecule has 0 amide bonds. The summed E-state index contributed by atoms with van der Waals surface area (Å²) in [7, 11) is 0. The summed E-state index contributed by atoms with van der Waals surface area (Å²) in [5.41, 5.74) is 0.711. The van der Waals surface area contributed by atoms with Gasteiger partial charge in [-0.3, -0.25) is 4.79 Å². The van der Waals surface area contributed by atoms with Crippen LogP contribution in [0.2, 0.25) is 5.02 Å². The van der Waals surface area contributed by atoms with Gasteiger partial charge in [-0.2, -0.15) is 5.26 Å². The van der Waals surface area contributed by atoms with Gasteiger partial charge < -0.3 is 5.11 Å². The molecular weight excluding hydrogens is 269 g/mol. The minimum Gasteiger partial charge on any atom is -0.481 e. The summed E-state index contributed by atoms with van der Waals surface area (Å²) in [6.45, 7) is 0. The Bertz CT molecular complexity index is 426. The summed E-state index contributed by atoms with van der Waals surface area (Å²) in [6.07, 6.45) is -0.188. The number of carboxylic acid groups (broad SMARTS) is 1. The van der Waals surface area contributed by atoms with E-state index >= 15 is 0 Å². The Morgan fingerprint density at radius 3 is 2.79 bits per heavy atom. The highest BCUT2D eigenvalue weighted by Crippen LogP contribution is 2.25. The molecular formula is C9H5BrClNO2. The first-order valence-electron chi connectivity index (χ1n) is 3.64. The van der Waals surface area contributed by atoms with Gasteiger partial charge in [0.05, 0.1) is 17.0 Å². The van der Waals surface area contributed by atoms with E-state index in [1.54, 1.807) is 12.1 Å². The molecule has 0 bridgehead atoms. The molecule has 1 rings (SSSR count). The van der Waals surface area contributed by atoms with Crippen LogP contribution in [0, 0.1) is 11.3 Å². The largest absolute Gasteiger partial charge is 0.481 e. The number of nitriles is 1. The number of carbonyl (C=O) groups is 1. The van der Waals surface area contributed by atoms with Gasteiger partial charge in [-0.25, -0.2) is 0 Å². The molecule has 0 heterocycles. The fraction of sp³-hybridized carbons (Fsp3) is 0.111. The van der Waals surface area contributed by atoms with Crippen LogP contribution in [0.1, 0.15) is 11.1 Å². The first-order valence-corrected chi connectivity index (χ1v) is 4.81. The van der Waals surface area contributed by atoms with Crippen molar-refractivity contribution in [3.05, 3.63) is 32.8 Å². The summed E-state index contributed by atoms with van der Waals surface area (Å²) in [4.78, 5) is 10.5. The van der Waals surface area contributed by atoms with Crippen molar-refractivity contribution in [1.82, 2.24) is 0 Å². The second kappa shape index (κ2) is 4.45. The minimum atomic E-state index is -0.978. The van der Waals surface area contributed by atoms with E-state index in [9.17, 15) is 4.79 Å². The molecule has 0 atom stereocenters. The zero-order valence-electron chi connectivity index (χ0n) is 6.92. The molecule has 0 radical (unpaired) electrons. The van der Waals surface area contributed by atoms with E-state index in [4.69, 9.17) is 22.0 Å². The molecule has 1 aromatic carbocycles. The zero-order valence-corrected chi connectivity index (χ0v) is 9.26. The Morgan fingerprint density at radius 1 is 1.64 bits per heavy atom. The topological polar surface area (TPSA) is 61.1 Å². The molecule has 0 aliphatic heterocycles. The van der Waals surface area contributed by atoms with Crippen molar-refractivity contribution >= 4 is 33.5 Å². The van der Waals surface area contributed by atoms with Crippen molar-refractivity contribution in [2.75, 3.05) is 0 Å². The van der Waals surface area contributed by atoms with E-state index in [-0.39, 0.29) is 17.0 Å². The zero-order chi connectivity index (χ0) is 10.7. The number of nitrogens with zero attached hydrogens (tertiary/aromatic N) is 1. The Kier molecular flexibility index (Phi) is 3.50. The SMILES string of the molecule is N#Cc1cc(Br)cc(CC(=O)O)c1Cl. The Morgan fingerprint density at radius 2 is 2.29 bits per heavy atom. The van der Waals surface area contributed by atoms with E-state index in [0.717, 1.165) is 0 Å². The van der Waals surface area contributed by atoms with Gasteiger partial charge in [0.1, 0.15) is 6.07 Å². The molecule has 0 spiro atoms. The maximum absolute atomic E-state index is 10.5. The van der Waals surface area contributed by atoms with Crippen molar-refractivity contribution in [3.63, 3.8) is 0 Å². The van der Waals surface area contributed by atoms with Gasteiger partial charge in [0, 0.05) is 4.47 Å². The molecule has 0 aliphatic rings. The van der Waals surface area contributed by atoms with Crippen LogP contribution < -0.4 is 0 Å².